The van der Waals surface area contributed by atoms with Gasteiger partial charge in [0, 0.05) is 5.33 Å². The van der Waals surface area contributed by atoms with Gasteiger partial charge in [-0.3, -0.25) is 0 Å². The van der Waals surface area contributed by atoms with Crippen LogP contribution < -0.4 is 0 Å². The molecule has 1 nitrogen and oxygen atoms in total. The first-order valence-electron chi connectivity index (χ1n) is 1.78. The van der Waals surface area contributed by atoms with Gasteiger partial charge in [-0.15, -0.1) is 0 Å². The van der Waals surface area contributed by atoms with Crippen molar-refractivity contribution in [3.8, 4) is 6.07 Å². The second kappa shape index (κ2) is 2.68. The first-order valence-corrected chi connectivity index (χ1v) is 3.70. The predicted molar refractivity (Wildman–Crippen MR) is 36.7 cm³/mol. The molecule has 0 N–H and O–H groups in total. The molecule has 0 aromatic rings. The minimum atomic E-state index is -0.382. The number of nitriles is 1. The van der Waals surface area contributed by atoms with Gasteiger partial charge in [-0.1, -0.05) is 31.9 Å². The molecule has 0 aromatic heterocycles. The molecule has 40 valence electrons. The highest BCUT2D eigenvalue weighted by Crippen LogP contribution is 2.17. The molecule has 1 unspecified atom stereocenters. The van der Waals surface area contributed by atoms with E-state index in [1.54, 1.807) is 0 Å². The summed E-state index contributed by atoms with van der Waals surface area (Å²) >= 11 is 6.33. The summed E-state index contributed by atoms with van der Waals surface area (Å²) in [6.45, 7) is 1.81. The minimum Gasteiger partial charge on any atom is -0.197 e. The van der Waals surface area contributed by atoms with E-state index >= 15 is 0 Å². The summed E-state index contributed by atoms with van der Waals surface area (Å²) in [6.07, 6.45) is 0. The lowest BCUT2D eigenvalue weighted by molar-refractivity contribution is 0.959. The van der Waals surface area contributed by atoms with Crippen LogP contribution >= 0.6 is 31.9 Å². The second-order valence-electron chi connectivity index (χ2n) is 1.44. The molecule has 7 heavy (non-hydrogen) atoms. The Morgan fingerprint density at radius 3 is 2.29 bits per heavy atom. The van der Waals surface area contributed by atoms with Crippen LogP contribution in [0.25, 0.3) is 0 Å². The Morgan fingerprint density at radius 1 is 1.86 bits per heavy atom. The minimum absolute atomic E-state index is 0.382. The van der Waals surface area contributed by atoms with E-state index in [4.69, 9.17) is 5.26 Å². The monoisotopic (exact) mass is 225 g/mol. The number of halogens is 2. The lowest BCUT2D eigenvalue weighted by Crippen LogP contribution is -2.12. The van der Waals surface area contributed by atoms with E-state index < -0.39 is 0 Å². The van der Waals surface area contributed by atoms with Crippen LogP contribution in [0.1, 0.15) is 6.92 Å². The Morgan fingerprint density at radius 2 is 2.29 bits per heavy atom. The van der Waals surface area contributed by atoms with E-state index in [0.29, 0.717) is 5.33 Å². The summed E-state index contributed by atoms with van der Waals surface area (Å²) in [5.74, 6) is 0. The zero-order valence-electron chi connectivity index (χ0n) is 3.91. The van der Waals surface area contributed by atoms with Gasteiger partial charge in [0.2, 0.25) is 0 Å². The molecule has 0 bridgehead atoms. The summed E-state index contributed by atoms with van der Waals surface area (Å²) in [7, 11) is 0. The molecule has 0 aromatic carbocycles. The van der Waals surface area contributed by atoms with Crippen molar-refractivity contribution in [3.63, 3.8) is 0 Å². The molecule has 0 spiro atoms. The van der Waals surface area contributed by atoms with E-state index in [0.717, 1.165) is 0 Å². The molecule has 0 saturated carbocycles. The van der Waals surface area contributed by atoms with Crippen molar-refractivity contribution < 1.29 is 0 Å². The summed E-state index contributed by atoms with van der Waals surface area (Å²) in [4.78, 5) is 0. The van der Waals surface area contributed by atoms with Crippen LogP contribution in [0.2, 0.25) is 0 Å². The highest BCUT2D eigenvalue weighted by atomic mass is 79.9. The van der Waals surface area contributed by atoms with Gasteiger partial charge in [0.05, 0.1) is 6.07 Å². The van der Waals surface area contributed by atoms with Crippen LogP contribution in [0, 0.1) is 11.3 Å². The quantitative estimate of drug-likeness (QED) is 0.629. The fourth-order valence-electron chi connectivity index (χ4n) is 0.0299. The van der Waals surface area contributed by atoms with E-state index in [9.17, 15) is 0 Å². The second-order valence-corrected chi connectivity index (χ2v) is 3.75. The topological polar surface area (TPSA) is 23.8 Å². The molecule has 0 rings (SSSR count). The van der Waals surface area contributed by atoms with Crippen LogP contribution in [-0.4, -0.2) is 9.65 Å². The van der Waals surface area contributed by atoms with Crippen molar-refractivity contribution in [1.29, 1.82) is 5.26 Å². The molecule has 0 aliphatic carbocycles. The third-order valence-corrected chi connectivity index (χ3v) is 2.82. The van der Waals surface area contributed by atoms with Crippen molar-refractivity contribution in [2.75, 3.05) is 5.33 Å². The Hall–Kier alpha value is 0.450. The smallest absolute Gasteiger partial charge is 0.119 e. The molecular weight excluding hydrogens is 222 g/mol. The normalized spacial score (nSPS) is 17.4. The van der Waals surface area contributed by atoms with Crippen LogP contribution in [0.3, 0.4) is 0 Å². The Kier molecular flexibility index (Phi) is 2.86. The van der Waals surface area contributed by atoms with E-state index in [-0.39, 0.29) is 4.32 Å². The van der Waals surface area contributed by atoms with Crippen LogP contribution in [0.15, 0.2) is 0 Å². The molecule has 0 aliphatic rings. The Balaban J connectivity index is 3.66. The first-order chi connectivity index (χ1) is 3.12. The zero-order valence-corrected chi connectivity index (χ0v) is 7.08. The first kappa shape index (κ1) is 7.45. The highest BCUT2D eigenvalue weighted by Gasteiger charge is 2.15. The summed E-state index contributed by atoms with van der Waals surface area (Å²) in [6, 6.07) is 2.06. The zero-order chi connectivity index (χ0) is 5.91. The van der Waals surface area contributed by atoms with Gasteiger partial charge in [0.25, 0.3) is 0 Å². The SMILES string of the molecule is CC(Br)(C#N)CBr. The molecule has 0 radical (unpaired) electrons. The van der Waals surface area contributed by atoms with E-state index in [1.807, 2.05) is 6.92 Å². The summed E-state index contributed by atoms with van der Waals surface area (Å²) in [5, 5.41) is 8.93. The number of rotatable bonds is 1. The fourth-order valence-corrected chi connectivity index (χ4v) is 0.155. The standard InChI is InChI=1S/C4H5Br2N/c1-4(6,2-5)3-7/h2H2,1H3. The third-order valence-electron chi connectivity index (χ3n) is 0.484. The molecular formula is C4H5Br2N. The lowest BCUT2D eigenvalue weighted by Gasteiger charge is -2.04. The molecule has 3 heteroatoms. The van der Waals surface area contributed by atoms with Gasteiger partial charge < -0.3 is 0 Å². The predicted octanol–water partition coefficient (Wildman–Crippen LogP) is 2.06. The Bertz CT molecular complexity index is 92.4. The Labute approximate surface area is 60.0 Å². The summed E-state index contributed by atoms with van der Waals surface area (Å²) < 4.78 is -0.382. The van der Waals surface area contributed by atoms with Gasteiger partial charge >= 0.3 is 0 Å². The molecule has 0 amide bonds. The van der Waals surface area contributed by atoms with Crippen molar-refractivity contribution in [3.05, 3.63) is 0 Å². The van der Waals surface area contributed by atoms with Crippen molar-refractivity contribution in [2.45, 2.75) is 11.2 Å². The number of nitrogens with zero attached hydrogens (tertiary/aromatic N) is 1. The maximum Gasteiger partial charge on any atom is 0.119 e. The molecule has 1 atom stereocenters. The average Bonchev–Trinajstić information content (AvgIpc) is 1.68. The van der Waals surface area contributed by atoms with Crippen LogP contribution in [0.4, 0.5) is 0 Å². The van der Waals surface area contributed by atoms with Gasteiger partial charge in [-0.05, 0) is 6.92 Å². The molecule has 0 fully saturated rings. The average molecular weight is 227 g/mol. The lowest BCUT2D eigenvalue weighted by atomic mass is 10.3. The van der Waals surface area contributed by atoms with Crippen molar-refractivity contribution in [1.82, 2.24) is 0 Å². The van der Waals surface area contributed by atoms with Gasteiger partial charge in [-0.2, -0.15) is 5.26 Å². The third kappa shape index (κ3) is 3.07. The van der Waals surface area contributed by atoms with Gasteiger partial charge in [0.15, 0.2) is 0 Å². The van der Waals surface area contributed by atoms with E-state index in [1.165, 1.54) is 0 Å². The van der Waals surface area contributed by atoms with Crippen molar-refractivity contribution in [2.24, 2.45) is 0 Å². The van der Waals surface area contributed by atoms with Gasteiger partial charge in [0.1, 0.15) is 4.32 Å². The number of hydrogen-bond donors (Lipinski definition) is 0. The molecule has 0 aliphatic heterocycles. The maximum atomic E-state index is 8.27. The van der Waals surface area contributed by atoms with Crippen LogP contribution in [-0.2, 0) is 0 Å². The van der Waals surface area contributed by atoms with Crippen molar-refractivity contribution >= 4 is 31.9 Å². The van der Waals surface area contributed by atoms with Gasteiger partial charge in [-0.25, -0.2) is 0 Å². The summed E-state index contributed by atoms with van der Waals surface area (Å²) in [5.41, 5.74) is 0. The number of hydrogen-bond acceptors (Lipinski definition) is 1. The molecule has 0 heterocycles. The fraction of sp³-hybridized carbons (Fsp3) is 0.750. The highest BCUT2D eigenvalue weighted by molar-refractivity contribution is 9.12. The van der Waals surface area contributed by atoms with E-state index in [2.05, 4.69) is 37.9 Å². The van der Waals surface area contributed by atoms with Crippen LogP contribution in [0.5, 0.6) is 0 Å². The number of alkyl halides is 2. The largest absolute Gasteiger partial charge is 0.197 e. The maximum absolute atomic E-state index is 8.27. The molecule has 0 saturated heterocycles.